The highest BCUT2D eigenvalue weighted by Crippen LogP contribution is 2.39. The maximum Gasteiger partial charge on any atom is 0.119 e. The number of nitrogens with zero attached hydrogens (tertiary/aromatic N) is 3. The Kier molecular flexibility index (Phi) is 4.71. The quantitative estimate of drug-likeness (QED) is 0.846. The molecule has 3 rings (SSSR count). The van der Waals surface area contributed by atoms with Crippen molar-refractivity contribution in [3.05, 3.63) is 36.5 Å². The molecule has 1 aromatic rings. The number of rotatable bonds is 4. The summed E-state index contributed by atoms with van der Waals surface area (Å²) >= 11 is 0. The lowest BCUT2D eigenvalue weighted by Crippen LogP contribution is -2.36. The Balaban J connectivity index is 1.98. The predicted molar refractivity (Wildman–Crippen MR) is 96.5 cm³/mol. The van der Waals surface area contributed by atoms with Crippen LogP contribution in [-0.2, 0) is 4.74 Å². The van der Waals surface area contributed by atoms with E-state index in [0.29, 0.717) is 0 Å². The molecule has 0 N–H and O–H groups in total. The van der Waals surface area contributed by atoms with Crippen LogP contribution in [0, 0.1) is 5.41 Å². The fourth-order valence-corrected chi connectivity index (χ4v) is 3.49. The molecule has 2 aliphatic heterocycles. The largest absolute Gasteiger partial charge is 0.378 e. The van der Waals surface area contributed by atoms with Crippen LogP contribution in [0.1, 0.15) is 26.7 Å². The molecule has 0 amide bonds. The van der Waals surface area contributed by atoms with Crippen molar-refractivity contribution >= 4 is 17.2 Å². The summed E-state index contributed by atoms with van der Waals surface area (Å²) in [6, 6.07) is 8.47. The third-order valence-electron chi connectivity index (χ3n) is 5.12. The molecule has 0 atom stereocenters. The summed E-state index contributed by atoms with van der Waals surface area (Å²) < 4.78 is 5.48. The second-order valence-electron chi connectivity index (χ2n) is 6.31. The van der Waals surface area contributed by atoms with Crippen molar-refractivity contribution in [2.75, 3.05) is 38.3 Å². The van der Waals surface area contributed by atoms with Gasteiger partial charge in [-0.25, -0.2) is 4.99 Å². The van der Waals surface area contributed by atoms with Crippen molar-refractivity contribution in [3.8, 4) is 0 Å². The first-order valence-corrected chi connectivity index (χ1v) is 8.63. The zero-order valence-electron chi connectivity index (χ0n) is 14.5. The Bertz CT molecular complexity index is 598. The highest BCUT2D eigenvalue weighted by molar-refractivity contribution is 5.95. The minimum atomic E-state index is 0.0624. The van der Waals surface area contributed by atoms with E-state index in [9.17, 15) is 0 Å². The summed E-state index contributed by atoms with van der Waals surface area (Å²) in [6.07, 6.45) is 6.61. The van der Waals surface area contributed by atoms with Crippen molar-refractivity contribution in [2.45, 2.75) is 26.7 Å². The van der Waals surface area contributed by atoms with Crippen LogP contribution >= 0.6 is 0 Å². The van der Waals surface area contributed by atoms with Gasteiger partial charge in [-0.1, -0.05) is 32.1 Å². The van der Waals surface area contributed by atoms with E-state index in [1.54, 1.807) is 0 Å². The summed E-state index contributed by atoms with van der Waals surface area (Å²) in [5.74, 6) is 1.16. The van der Waals surface area contributed by atoms with E-state index in [1.165, 1.54) is 5.69 Å². The van der Waals surface area contributed by atoms with E-state index in [0.717, 1.165) is 50.7 Å². The summed E-state index contributed by atoms with van der Waals surface area (Å²) in [5.41, 5.74) is 2.34. The molecule has 1 saturated heterocycles. The number of anilines is 1. The summed E-state index contributed by atoms with van der Waals surface area (Å²) in [4.78, 5) is 9.66. The van der Waals surface area contributed by atoms with E-state index >= 15 is 0 Å². The van der Waals surface area contributed by atoms with Crippen molar-refractivity contribution in [2.24, 2.45) is 10.4 Å². The molecule has 0 aromatic heterocycles. The molecule has 1 aromatic carbocycles. The smallest absolute Gasteiger partial charge is 0.119 e. The molecule has 0 bridgehead atoms. The molecule has 0 radical (unpaired) electrons. The summed E-state index contributed by atoms with van der Waals surface area (Å²) in [5, 5.41) is 0. The minimum absolute atomic E-state index is 0.0624. The molecule has 0 unspecified atom stereocenters. The molecule has 23 heavy (non-hydrogen) atoms. The molecule has 4 heteroatoms. The van der Waals surface area contributed by atoms with Gasteiger partial charge in [-0.3, -0.25) is 0 Å². The maximum absolute atomic E-state index is 5.48. The number of benzene rings is 1. The van der Waals surface area contributed by atoms with Crippen molar-refractivity contribution in [3.63, 3.8) is 0 Å². The minimum Gasteiger partial charge on any atom is -0.378 e. The van der Waals surface area contributed by atoms with E-state index in [4.69, 9.17) is 9.73 Å². The molecule has 2 heterocycles. The summed E-state index contributed by atoms with van der Waals surface area (Å²) in [6.45, 7) is 7.94. The average Bonchev–Trinajstić information content (AvgIpc) is 2.93. The van der Waals surface area contributed by atoms with Gasteiger partial charge in [-0.2, -0.15) is 0 Å². The van der Waals surface area contributed by atoms with Gasteiger partial charge in [-0.05, 0) is 25.0 Å². The van der Waals surface area contributed by atoms with Crippen LogP contribution in [-0.4, -0.2) is 44.1 Å². The van der Waals surface area contributed by atoms with Crippen LogP contribution in [0.2, 0.25) is 0 Å². The van der Waals surface area contributed by atoms with Gasteiger partial charge in [0.2, 0.25) is 0 Å². The van der Waals surface area contributed by atoms with Crippen LogP contribution in [0.3, 0.4) is 0 Å². The van der Waals surface area contributed by atoms with Gasteiger partial charge in [-0.15, -0.1) is 0 Å². The highest BCUT2D eigenvalue weighted by atomic mass is 16.5. The molecule has 0 aliphatic carbocycles. The van der Waals surface area contributed by atoms with E-state index in [-0.39, 0.29) is 5.41 Å². The SMILES string of the molecule is CCC1(CC)C=CN(C)C1=Nc1ccccc1N1CCOCC1. The standard InChI is InChI=1S/C19H27N3O/c1-4-19(5-2)10-11-21(3)18(19)20-16-8-6-7-9-17(16)22-12-14-23-15-13-22/h6-11H,4-5,12-15H2,1-3H3. The van der Waals surface area contributed by atoms with Gasteiger partial charge in [0.15, 0.2) is 0 Å². The molecular formula is C19H27N3O. The summed E-state index contributed by atoms with van der Waals surface area (Å²) in [7, 11) is 2.10. The number of ether oxygens (including phenoxy) is 1. The molecule has 4 nitrogen and oxygen atoms in total. The molecule has 0 spiro atoms. The molecule has 124 valence electrons. The maximum atomic E-state index is 5.48. The normalized spacial score (nSPS) is 22.1. The Morgan fingerprint density at radius 2 is 1.83 bits per heavy atom. The fourth-order valence-electron chi connectivity index (χ4n) is 3.49. The Labute approximate surface area is 139 Å². The third kappa shape index (κ3) is 3.00. The first kappa shape index (κ1) is 16.1. The number of aliphatic imine (C=N–C) groups is 1. The van der Waals surface area contributed by atoms with Gasteiger partial charge in [0.25, 0.3) is 0 Å². The van der Waals surface area contributed by atoms with Crippen LogP contribution in [0.15, 0.2) is 41.5 Å². The van der Waals surface area contributed by atoms with Gasteiger partial charge < -0.3 is 14.5 Å². The number of amidine groups is 1. The van der Waals surface area contributed by atoms with Crippen molar-refractivity contribution in [1.82, 2.24) is 4.90 Å². The van der Waals surface area contributed by atoms with Gasteiger partial charge >= 0.3 is 0 Å². The monoisotopic (exact) mass is 313 g/mol. The molecule has 0 saturated carbocycles. The van der Waals surface area contributed by atoms with E-state index in [1.807, 2.05) is 0 Å². The topological polar surface area (TPSA) is 28.1 Å². The highest BCUT2D eigenvalue weighted by Gasteiger charge is 2.36. The fraction of sp³-hybridized carbons (Fsp3) is 0.526. The molecule has 1 fully saturated rings. The molecule has 2 aliphatic rings. The Morgan fingerprint density at radius 3 is 2.52 bits per heavy atom. The average molecular weight is 313 g/mol. The van der Waals surface area contributed by atoms with Crippen LogP contribution in [0.4, 0.5) is 11.4 Å². The first-order valence-electron chi connectivity index (χ1n) is 8.63. The number of morpholine rings is 1. The van der Waals surface area contributed by atoms with E-state index < -0.39 is 0 Å². The van der Waals surface area contributed by atoms with Crippen LogP contribution in [0.25, 0.3) is 0 Å². The zero-order valence-corrected chi connectivity index (χ0v) is 14.5. The van der Waals surface area contributed by atoms with Crippen LogP contribution in [0.5, 0.6) is 0 Å². The lowest BCUT2D eigenvalue weighted by Gasteiger charge is -2.31. The third-order valence-corrected chi connectivity index (χ3v) is 5.12. The number of hydrogen-bond acceptors (Lipinski definition) is 3. The zero-order chi connectivity index (χ0) is 16.3. The lowest BCUT2D eigenvalue weighted by molar-refractivity contribution is 0.123. The second-order valence-corrected chi connectivity index (χ2v) is 6.31. The van der Waals surface area contributed by atoms with Gasteiger partial charge in [0, 0.05) is 31.8 Å². The Morgan fingerprint density at radius 1 is 1.13 bits per heavy atom. The number of hydrogen-bond donors (Lipinski definition) is 0. The molecular weight excluding hydrogens is 286 g/mol. The lowest BCUT2D eigenvalue weighted by atomic mass is 9.82. The number of para-hydroxylation sites is 2. The predicted octanol–water partition coefficient (Wildman–Crippen LogP) is 3.82. The van der Waals surface area contributed by atoms with E-state index in [2.05, 4.69) is 67.2 Å². The van der Waals surface area contributed by atoms with Gasteiger partial charge in [0.05, 0.1) is 24.6 Å². The van der Waals surface area contributed by atoms with Crippen molar-refractivity contribution in [1.29, 1.82) is 0 Å². The van der Waals surface area contributed by atoms with Gasteiger partial charge in [0.1, 0.15) is 5.84 Å². The Hall–Kier alpha value is -1.81. The van der Waals surface area contributed by atoms with Crippen LogP contribution < -0.4 is 4.90 Å². The second kappa shape index (κ2) is 6.75. The first-order chi connectivity index (χ1) is 11.2. The van der Waals surface area contributed by atoms with Crippen molar-refractivity contribution < 1.29 is 4.74 Å².